The van der Waals surface area contributed by atoms with Gasteiger partial charge in [-0.3, -0.25) is 4.90 Å². The first-order valence-electron chi connectivity index (χ1n) is 8.01. The van der Waals surface area contributed by atoms with Crippen molar-refractivity contribution in [2.24, 2.45) is 5.92 Å². The number of hydrogen-bond acceptors (Lipinski definition) is 3. The van der Waals surface area contributed by atoms with Gasteiger partial charge >= 0.3 is 0 Å². The zero-order valence-electron chi connectivity index (χ0n) is 13.7. The molecule has 0 amide bonds. The van der Waals surface area contributed by atoms with Gasteiger partial charge in [0.1, 0.15) is 0 Å². The maximum atomic E-state index is 5.26. The van der Waals surface area contributed by atoms with Crippen LogP contribution in [-0.2, 0) is 4.74 Å². The minimum absolute atomic E-state index is 0.235. The van der Waals surface area contributed by atoms with E-state index in [9.17, 15) is 0 Å². The van der Waals surface area contributed by atoms with E-state index in [1.165, 1.54) is 32.4 Å². The predicted molar refractivity (Wildman–Crippen MR) is 82.6 cm³/mol. The summed E-state index contributed by atoms with van der Waals surface area (Å²) in [6.45, 7) is 13.9. The predicted octanol–water partition coefficient (Wildman–Crippen LogP) is 2.90. The molecule has 0 aromatic rings. The summed E-state index contributed by atoms with van der Waals surface area (Å²) < 4.78 is 5.26. The van der Waals surface area contributed by atoms with Crippen molar-refractivity contribution >= 4 is 0 Å². The number of hydrogen-bond donors (Lipinski definition) is 1. The molecule has 114 valence electrons. The summed E-state index contributed by atoms with van der Waals surface area (Å²) in [5.74, 6) is 0.641. The lowest BCUT2D eigenvalue weighted by molar-refractivity contribution is 0.0693. The Kier molecular flexibility index (Phi) is 7.33. The van der Waals surface area contributed by atoms with E-state index in [0.29, 0.717) is 12.0 Å². The van der Waals surface area contributed by atoms with Crippen LogP contribution in [0.4, 0.5) is 0 Å². The summed E-state index contributed by atoms with van der Waals surface area (Å²) in [6.07, 6.45) is 5.05. The quantitative estimate of drug-likeness (QED) is 0.697. The van der Waals surface area contributed by atoms with Crippen molar-refractivity contribution in [2.75, 3.05) is 33.4 Å². The maximum Gasteiger partial charge on any atom is 0.0465 e. The highest BCUT2D eigenvalue weighted by Gasteiger charge is 2.38. The third kappa shape index (κ3) is 4.73. The Hall–Kier alpha value is -0.120. The Morgan fingerprint density at radius 2 is 1.89 bits per heavy atom. The zero-order chi connectivity index (χ0) is 14.3. The van der Waals surface area contributed by atoms with Crippen LogP contribution in [0.1, 0.15) is 53.4 Å². The van der Waals surface area contributed by atoms with Gasteiger partial charge in [-0.15, -0.1) is 0 Å². The van der Waals surface area contributed by atoms with Crippen molar-refractivity contribution in [1.29, 1.82) is 0 Å². The molecule has 0 aromatic carbocycles. The number of likely N-dealkylation sites (tertiary alicyclic amines) is 1. The van der Waals surface area contributed by atoms with Crippen LogP contribution in [0, 0.1) is 5.92 Å². The molecule has 0 radical (unpaired) electrons. The molecular weight excluding hydrogens is 236 g/mol. The molecule has 0 saturated carbocycles. The van der Waals surface area contributed by atoms with E-state index in [-0.39, 0.29) is 5.54 Å². The summed E-state index contributed by atoms with van der Waals surface area (Å²) in [4.78, 5) is 2.67. The minimum Gasteiger partial charge on any atom is -0.385 e. The molecule has 0 spiro atoms. The van der Waals surface area contributed by atoms with Gasteiger partial charge in [0, 0.05) is 25.3 Å². The molecule has 1 aliphatic rings. The summed E-state index contributed by atoms with van der Waals surface area (Å²) in [5.41, 5.74) is 0.235. The fourth-order valence-electron chi connectivity index (χ4n) is 3.41. The van der Waals surface area contributed by atoms with E-state index in [2.05, 4.69) is 37.9 Å². The third-order valence-corrected chi connectivity index (χ3v) is 4.64. The van der Waals surface area contributed by atoms with Gasteiger partial charge in [-0.25, -0.2) is 0 Å². The van der Waals surface area contributed by atoms with Gasteiger partial charge in [0.2, 0.25) is 0 Å². The SMILES string of the molecule is CCCNC(C(C)CCOC)C(C)(C)N1CCCC1. The molecule has 1 aliphatic heterocycles. The zero-order valence-corrected chi connectivity index (χ0v) is 13.7. The van der Waals surface area contributed by atoms with Crippen molar-refractivity contribution in [3.05, 3.63) is 0 Å². The largest absolute Gasteiger partial charge is 0.385 e. The van der Waals surface area contributed by atoms with Crippen LogP contribution in [-0.4, -0.2) is 49.8 Å². The van der Waals surface area contributed by atoms with Crippen LogP contribution in [0.5, 0.6) is 0 Å². The molecule has 0 aromatic heterocycles. The maximum absolute atomic E-state index is 5.26. The third-order valence-electron chi connectivity index (χ3n) is 4.64. The fourth-order valence-corrected chi connectivity index (χ4v) is 3.41. The Morgan fingerprint density at radius 3 is 2.42 bits per heavy atom. The van der Waals surface area contributed by atoms with Crippen molar-refractivity contribution in [1.82, 2.24) is 10.2 Å². The Bertz CT molecular complexity index is 237. The fraction of sp³-hybridized carbons (Fsp3) is 1.00. The van der Waals surface area contributed by atoms with Gasteiger partial charge in [0.05, 0.1) is 0 Å². The molecule has 2 atom stereocenters. The number of methoxy groups -OCH3 is 1. The van der Waals surface area contributed by atoms with Crippen molar-refractivity contribution in [3.8, 4) is 0 Å². The second-order valence-electron chi connectivity index (χ2n) is 6.54. The highest BCUT2D eigenvalue weighted by molar-refractivity contribution is 4.97. The summed E-state index contributed by atoms with van der Waals surface area (Å²) in [7, 11) is 1.80. The van der Waals surface area contributed by atoms with E-state index in [4.69, 9.17) is 4.74 Å². The number of nitrogens with zero attached hydrogens (tertiary/aromatic N) is 1. The van der Waals surface area contributed by atoms with Gasteiger partial charge in [-0.05, 0) is 65.1 Å². The van der Waals surface area contributed by atoms with Gasteiger partial charge in [0.15, 0.2) is 0 Å². The van der Waals surface area contributed by atoms with E-state index < -0.39 is 0 Å². The number of ether oxygens (including phenoxy) is 1. The lowest BCUT2D eigenvalue weighted by Crippen LogP contribution is -2.59. The monoisotopic (exact) mass is 270 g/mol. The molecule has 3 heteroatoms. The second kappa shape index (κ2) is 8.23. The minimum atomic E-state index is 0.235. The topological polar surface area (TPSA) is 24.5 Å². The molecule has 1 fully saturated rings. The first-order chi connectivity index (χ1) is 9.04. The molecule has 1 saturated heterocycles. The lowest BCUT2D eigenvalue weighted by atomic mass is 9.82. The van der Waals surface area contributed by atoms with Crippen LogP contribution < -0.4 is 5.32 Å². The van der Waals surface area contributed by atoms with E-state index in [1.807, 2.05) is 0 Å². The Labute approximate surface area is 120 Å². The first-order valence-corrected chi connectivity index (χ1v) is 8.01. The average molecular weight is 270 g/mol. The first kappa shape index (κ1) is 16.9. The van der Waals surface area contributed by atoms with Gasteiger partial charge in [0.25, 0.3) is 0 Å². The summed E-state index contributed by atoms with van der Waals surface area (Å²) >= 11 is 0. The van der Waals surface area contributed by atoms with Gasteiger partial charge < -0.3 is 10.1 Å². The van der Waals surface area contributed by atoms with Crippen LogP contribution in [0.3, 0.4) is 0 Å². The van der Waals surface area contributed by atoms with Crippen LogP contribution in [0.2, 0.25) is 0 Å². The smallest absolute Gasteiger partial charge is 0.0465 e. The molecule has 2 unspecified atom stereocenters. The van der Waals surface area contributed by atoms with E-state index in [1.54, 1.807) is 7.11 Å². The Morgan fingerprint density at radius 1 is 1.26 bits per heavy atom. The van der Waals surface area contributed by atoms with E-state index in [0.717, 1.165) is 19.6 Å². The van der Waals surface area contributed by atoms with Crippen LogP contribution in [0.25, 0.3) is 0 Å². The highest BCUT2D eigenvalue weighted by Crippen LogP contribution is 2.29. The molecule has 19 heavy (non-hydrogen) atoms. The molecule has 0 bridgehead atoms. The highest BCUT2D eigenvalue weighted by atomic mass is 16.5. The second-order valence-corrected chi connectivity index (χ2v) is 6.54. The van der Waals surface area contributed by atoms with Gasteiger partial charge in [-0.2, -0.15) is 0 Å². The Balaban J connectivity index is 2.69. The molecule has 3 nitrogen and oxygen atoms in total. The van der Waals surface area contributed by atoms with Crippen LogP contribution in [0.15, 0.2) is 0 Å². The summed E-state index contributed by atoms with van der Waals surface area (Å²) in [6, 6.07) is 0.542. The lowest BCUT2D eigenvalue weighted by Gasteiger charge is -2.45. The molecule has 0 aliphatic carbocycles. The van der Waals surface area contributed by atoms with Crippen molar-refractivity contribution in [2.45, 2.75) is 65.0 Å². The molecule has 1 heterocycles. The number of rotatable bonds is 9. The molecule has 1 N–H and O–H groups in total. The molecule has 1 rings (SSSR count). The summed E-state index contributed by atoms with van der Waals surface area (Å²) in [5, 5.41) is 3.80. The van der Waals surface area contributed by atoms with Gasteiger partial charge in [-0.1, -0.05) is 13.8 Å². The average Bonchev–Trinajstić information content (AvgIpc) is 2.91. The molecular formula is C16H34N2O. The van der Waals surface area contributed by atoms with E-state index >= 15 is 0 Å². The van der Waals surface area contributed by atoms with Crippen molar-refractivity contribution < 1.29 is 4.74 Å². The normalized spacial score (nSPS) is 20.7. The van der Waals surface area contributed by atoms with Crippen LogP contribution >= 0.6 is 0 Å². The van der Waals surface area contributed by atoms with Crippen molar-refractivity contribution in [3.63, 3.8) is 0 Å². The standard InChI is InChI=1S/C16H34N2O/c1-6-10-17-15(14(2)9-13-19-5)16(3,4)18-11-7-8-12-18/h14-15,17H,6-13H2,1-5H3. The number of nitrogens with one attached hydrogen (secondary N) is 1.